The lowest BCUT2D eigenvalue weighted by Crippen LogP contribution is -2.43. The molecule has 0 spiro atoms. The largest absolute Gasteiger partial charge is 0.497 e. The number of carbonyl (C=O) groups is 1. The van der Waals surface area contributed by atoms with Crippen molar-refractivity contribution >= 4 is 17.4 Å². The number of nitrogens with one attached hydrogen (secondary N) is 1. The van der Waals surface area contributed by atoms with Crippen LogP contribution < -0.4 is 10.1 Å². The van der Waals surface area contributed by atoms with Gasteiger partial charge in [-0.05, 0) is 67.0 Å². The number of thiophene rings is 1. The Morgan fingerprint density at radius 3 is 2.84 bits per heavy atom. The van der Waals surface area contributed by atoms with Crippen molar-refractivity contribution in [2.75, 3.05) is 7.11 Å². The first kappa shape index (κ1) is 21.1. The number of nitrogens with zero attached hydrogens (tertiary/aromatic N) is 2. The lowest BCUT2D eigenvalue weighted by Gasteiger charge is -2.33. The number of hydrogen-bond donors (Lipinski definition) is 1. The summed E-state index contributed by atoms with van der Waals surface area (Å²) in [6.45, 7) is 5.56. The number of ether oxygens (including phenoxy) is 1. The molecule has 2 aliphatic rings. The lowest BCUT2D eigenvalue weighted by atomic mass is 9.94. The van der Waals surface area contributed by atoms with Gasteiger partial charge in [0, 0.05) is 28.9 Å². The number of urea groups is 1. The Hall–Kier alpha value is -2.73. The Morgan fingerprint density at radius 2 is 2.03 bits per heavy atom. The molecular weight excluding hydrogens is 418 g/mol. The highest BCUT2D eigenvalue weighted by atomic mass is 32.1. The monoisotopic (exact) mass is 449 g/mol. The summed E-state index contributed by atoms with van der Waals surface area (Å²) in [5.41, 5.74) is 5.08. The number of amides is 2. The second-order valence-corrected chi connectivity index (χ2v) is 10.2. The van der Waals surface area contributed by atoms with Gasteiger partial charge < -0.3 is 19.5 Å². The Balaban J connectivity index is 1.49. The number of fused-ring (bicyclic) bond motifs is 5. The SMILES string of the molecule is COc1cccc(CNC(=O)N2Cc3c(sc4c3CCCC4)-n3cccc3[C@@H]2C(C)C)c1. The zero-order valence-electron chi connectivity index (χ0n) is 19.1. The maximum atomic E-state index is 13.6. The second-order valence-electron chi connectivity index (χ2n) is 9.12. The molecule has 0 saturated heterocycles. The second kappa shape index (κ2) is 8.66. The van der Waals surface area contributed by atoms with E-state index in [4.69, 9.17) is 4.74 Å². The molecule has 1 N–H and O–H groups in total. The van der Waals surface area contributed by atoms with E-state index in [-0.39, 0.29) is 12.1 Å². The molecule has 1 aliphatic carbocycles. The van der Waals surface area contributed by atoms with Crippen LogP contribution in [0.5, 0.6) is 5.75 Å². The summed E-state index contributed by atoms with van der Waals surface area (Å²) in [6.07, 6.45) is 6.97. The number of hydrogen-bond acceptors (Lipinski definition) is 3. The minimum atomic E-state index is -0.0112. The van der Waals surface area contributed by atoms with E-state index < -0.39 is 0 Å². The molecule has 1 aliphatic heterocycles. The molecule has 1 aromatic carbocycles. The zero-order valence-corrected chi connectivity index (χ0v) is 19.9. The molecule has 6 heteroatoms. The van der Waals surface area contributed by atoms with Gasteiger partial charge in [-0.15, -0.1) is 11.3 Å². The van der Waals surface area contributed by atoms with Crippen LogP contribution in [0, 0.1) is 5.92 Å². The zero-order chi connectivity index (χ0) is 22.2. The van der Waals surface area contributed by atoms with Gasteiger partial charge in [0.2, 0.25) is 0 Å². The molecule has 0 saturated carbocycles. The Bertz CT molecular complexity index is 1130. The summed E-state index contributed by atoms with van der Waals surface area (Å²) in [6, 6.07) is 12.2. The third-order valence-corrected chi connectivity index (χ3v) is 8.03. The van der Waals surface area contributed by atoms with Gasteiger partial charge in [0.15, 0.2) is 0 Å². The van der Waals surface area contributed by atoms with Gasteiger partial charge in [0.05, 0.1) is 19.7 Å². The van der Waals surface area contributed by atoms with Gasteiger partial charge >= 0.3 is 6.03 Å². The lowest BCUT2D eigenvalue weighted by molar-refractivity contribution is 0.149. The average Bonchev–Trinajstić information content (AvgIpc) is 3.39. The van der Waals surface area contributed by atoms with Crippen LogP contribution in [-0.4, -0.2) is 22.6 Å². The number of benzene rings is 1. The van der Waals surface area contributed by atoms with E-state index in [0.29, 0.717) is 19.0 Å². The topological polar surface area (TPSA) is 46.5 Å². The highest BCUT2D eigenvalue weighted by Gasteiger charge is 2.36. The smallest absolute Gasteiger partial charge is 0.318 e. The van der Waals surface area contributed by atoms with E-state index in [9.17, 15) is 4.79 Å². The fourth-order valence-electron chi connectivity index (χ4n) is 5.18. The first-order valence-electron chi connectivity index (χ1n) is 11.5. The minimum Gasteiger partial charge on any atom is -0.497 e. The quantitative estimate of drug-likeness (QED) is 0.543. The summed E-state index contributed by atoms with van der Waals surface area (Å²) in [5, 5.41) is 4.50. The summed E-state index contributed by atoms with van der Waals surface area (Å²) in [5.74, 6) is 1.11. The minimum absolute atomic E-state index is 0.0112. The fourth-order valence-corrected chi connectivity index (χ4v) is 6.59. The number of carbonyl (C=O) groups excluding carboxylic acids is 1. The van der Waals surface area contributed by atoms with E-state index >= 15 is 0 Å². The number of aromatic nitrogens is 1. The van der Waals surface area contributed by atoms with Crippen LogP contribution in [0.15, 0.2) is 42.6 Å². The van der Waals surface area contributed by atoms with Crippen LogP contribution in [0.2, 0.25) is 0 Å². The molecule has 168 valence electrons. The van der Waals surface area contributed by atoms with Crippen molar-refractivity contribution in [3.05, 3.63) is 69.9 Å². The predicted octanol–water partition coefficient (Wildman–Crippen LogP) is 5.85. The molecule has 0 radical (unpaired) electrons. The van der Waals surface area contributed by atoms with Gasteiger partial charge in [-0.1, -0.05) is 26.0 Å². The molecule has 32 heavy (non-hydrogen) atoms. The predicted molar refractivity (Wildman–Crippen MR) is 129 cm³/mol. The summed E-state index contributed by atoms with van der Waals surface area (Å²) in [7, 11) is 1.66. The highest BCUT2D eigenvalue weighted by molar-refractivity contribution is 7.15. The third kappa shape index (κ3) is 3.71. The standard InChI is InChI=1S/C26H31N3O2S/c1-17(2)24-22-11-7-13-28(22)25-21(20-10-4-5-12-23(20)32-25)16-29(24)26(30)27-15-18-8-6-9-19(14-18)31-3/h6-9,11,13-14,17,24H,4-5,10,12,15-16H2,1-3H3,(H,27,30)/t24-/m0/s1. The number of aryl methyl sites for hydroxylation is 1. The summed E-state index contributed by atoms with van der Waals surface area (Å²) in [4.78, 5) is 17.2. The molecule has 2 aromatic heterocycles. The van der Waals surface area contributed by atoms with E-state index in [1.807, 2.05) is 35.6 Å². The van der Waals surface area contributed by atoms with Crippen LogP contribution in [0.1, 0.15) is 60.0 Å². The fraction of sp³-hybridized carbons (Fsp3) is 0.423. The molecule has 0 unspecified atom stereocenters. The van der Waals surface area contributed by atoms with Crippen molar-refractivity contribution in [2.45, 2.75) is 58.7 Å². The van der Waals surface area contributed by atoms with Crippen molar-refractivity contribution in [1.82, 2.24) is 14.8 Å². The molecule has 5 rings (SSSR count). The maximum Gasteiger partial charge on any atom is 0.318 e. The van der Waals surface area contributed by atoms with E-state index in [1.165, 1.54) is 46.0 Å². The normalized spacial score (nSPS) is 17.4. The molecule has 0 bridgehead atoms. The molecule has 1 atom stereocenters. The van der Waals surface area contributed by atoms with E-state index in [1.54, 1.807) is 7.11 Å². The van der Waals surface area contributed by atoms with Crippen LogP contribution in [0.25, 0.3) is 5.00 Å². The highest BCUT2D eigenvalue weighted by Crippen LogP contribution is 2.43. The van der Waals surface area contributed by atoms with E-state index in [2.05, 4.69) is 47.0 Å². The molecule has 5 nitrogen and oxygen atoms in total. The summed E-state index contributed by atoms with van der Waals surface area (Å²) < 4.78 is 7.68. The third-order valence-electron chi connectivity index (χ3n) is 6.70. The average molecular weight is 450 g/mol. The van der Waals surface area contributed by atoms with Crippen LogP contribution >= 0.6 is 11.3 Å². The van der Waals surface area contributed by atoms with Gasteiger partial charge in [0.1, 0.15) is 10.8 Å². The van der Waals surface area contributed by atoms with Crippen molar-refractivity contribution in [2.24, 2.45) is 5.92 Å². The molecule has 3 aromatic rings. The first-order chi connectivity index (χ1) is 15.6. The Morgan fingerprint density at radius 1 is 1.19 bits per heavy atom. The van der Waals surface area contributed by atoms with Crippen molar-refractivity contribution in [1.29, 1.82) is 0 Å². The van der Waals surface area contributed by atoms with Gasteiger partial charge in [-0.3, -0.25) is 0 Å². The van der Waals surface area contributed by atoms with Crippen LogP contribution in [0.3, 0.4) is 0 Å². The summed E-state index contributed by atoms with van der Waals surface area (Å²) >= 11 is 1.93. The van der Waals surface area contributed by atoms with Crippen molar-refractivity contribution in [3.63, 3.8) is 0 Å². The Kier molecular flexibility index (Phi) is 5.72. The number of rotatable bonds is 4. The van der Waals surface area contributed by atoms with Crippen LogP contribution in [-0.2, 0) is 25.9 Å². The Labute approximate surface area is 194 Å². The van der Waals surface area contributed by atoms with Crippen molar-refractivity contribution in [3.8, 4) is 10.8 Å². The van der Waals surface area contributed by atoms with E-state index in [0.717, 1.165) is 17.7 Å². The molecule has 3 heterocycles. The van der Waals surface area contributed by atoms with Gasteiger partial charge in [-0.25, -0.2) is 4.79 Å². The van der Waals surface area contributed by atoms with Crippen LogP contribution in [0.4, 0.5) is 4.79 Å². The van der Waals surface area contributed by atoms with Crippen molar-refractivity contribution < 1.29 is 9.53 Å². The van der Waals surface area contributed by atoms with Gasteiger partial charge in [0.25, 0.3) is 0 Å². The molecule has 2 amide bonds. The molecule has 0 fully saturated rings. The molecular formula is C26H31N3O2S. The first-order valence-corrected chi connectivity index (χ1v) is 12.4. The maximum absolute atomic E-state index is 13.6. The van der Waals surface area contributed by atoms with Gasteiger partial charge in [-0.2, -0.15) is 0 Å². The number of methoxy groups -OCH3 is 1.